The summed E-state index contributed by atoms with van der Waals surface area (Å²) >= 11 is 5.88. The lowest BCUT2D eigenvalue weighted by Crippen LogP contribution is -2.29. The largest absolute Gasteiger partial charge is 0.495 e. The molecule has 1 saturated heterocycles. The number of hydrogen-bond donors (Lipinski definition) is 1. The fraction of sp³-hybridized carbons (Fsp3) is 0.241. The Balaban J connectivity index is 1.69. The molecule has 1 aliphatic rings. The number of aryl methyl sites for hydroxylation is 2. The number of non-ortho nitro benzene ring substituents is 1. The number of aromatic nitrogens is 2. The molecule has 2 atom stereocenters. The first-order valence-electron chi connectivity index (χ1n) is 12.4. The zero-order chi connectivity index (χ0) is 27.0. The zero-order valence-corrected chi connectivity index (χ0v) is 22.5. The topological polar surface area (TPSA) is 85.5 Å². The highest BCUT2D eigenvalue weighted by molar-refractivity contribution is 7.80. The number of ether oxygens (including phenoxy) is 1. The molecule has 0 amide bonds. The van der Waals surface area contributed by atoms with Crippen molar-refractivity contribution in [3.05, 3.63) is 111 Å². The molecule has 1 aliphatic heterocycles. The van der Waals surface area contributed by atoms with Crippen molar-refractivity contribution in [3.63, 3.8) is 0 Å². The van der Waals surface area contributed by atoms with Gasteiger partial charge in [-0.15, -0.1) is 0 Å². The quantitative estimate of drug-likeness (QED) is 0.175. The Morgan fingerprint density at radius 3 is 2.50 bits per heavy atom. The molecule has 2 aromatic heterocycles. The van der Waals surface area contributed by atoms with Crippen LogP contribution in [0.3, 0.4) is 0 Å². The van der Waals surface area contributed by atoms with Gasteiger partial charge in [0, 0.05) is 35.4 Å². The van der Waals surface area contributed by atoms with Crippen molar-refractivity contribution in [1.82, 2.24) is 14.9 Å². The van der Waals surface area contributed by atoms with E-state index in [2.05, 4.69) is 52.5 Å². The molecule has 38 heavy (non-hydrogen) atoms. The Kier molecular flexibility index (Phi) is 6.86. The number of hydrogen-bond acceptors (Lipinski definition) is 5. The van der Waals surface area contributed by atoms with Crippen LogP contribution in [0, 0.1) is 24.0 Å². The second-order valence-electron chi connectivity index (χ2n) is 9.29. The third-order valence-corrected chi connectivity index (χ3v) is 7.44. The van der Waals surface area contributed by atoms with Gasteiger partial charge in [0.15, 0.2) is 5.11 Å². The van der Waals surface area contributed by atoms with Crippen LogP contribution in [-0.4, -0.2) is 26.7 Å². The van der Waals surface area contributed by atoms with E-state index in [0.29, 0.717) is 16.5 Å². The summed E-state index contributed by atoms with van der Waals surface area (Å²) in [5, 5.41) is 15.7. The molecule has 3 heterocycles. The van der Waals surface area contributed by atoms with Gasteiger partial charge in [-0.3, -0.25) is 15.1 Å². The number of nitrogens with zero attached hydrogens (tertiary/aromatic N) is 4. The van der Waals surface area contributed by atoms with E-state index >= 15 is 0 Å². The summed E-state index contributed by atoms with van der Waals surface area (Å²) in [4.78, 5) is 18.0. The fourth-order valence-corrected chi connectivity index (χ4v) is 5.61. The highest BCUT2D eigenvalue weighted by Crippen LogP contribution is 2.44. The first-order chi connectivity index (χ1) is 18.3. The lowest BCUT2D eigenvalue weighted by Gasteiger charge is -2.28. The maximum Gasteiger partial charge on any atom is 0.271 e. The van der Waals surface area contributed by atoms with E-state index in [1.165, 1.54) is 11.6 Å². The molecule has 0 bridgehead atoms. The molecule has 0 aliphatic carbocycles. The zero-order valence-electron chi connectivity index (χ0n) is 21.7. The number of nitrogens with one attached hydrogen (secondary N) is 1. The van der Waals surface area contributed by atoms with E-state index in [1.807, 2.05) is 36.6 Å². The van der Waals surface area contributed by atoms with Crippen LogP contribution < -0.4 is 15.0 Å². The van der Waals surface area contributed by atoms with Crippen molar-refractivity contribution in [2.75, 3.05) is 12.0 Å². The molecule has 0 spiro atoms. The monoisotopic (exact) mass is 527 g/mol. The molecule has 1 fully saturated rings. The predicted octanol–water partition coefficient (Wildman–Crippen LogP) is 6.15. The SMILES string of the molecule is CCc1ccc(N2C(=S)NC(c3ccccn3)C2c2cc(C)n(-c3cc([N+](=O)[O-])ccc3OC)c2C)cc1. The van der Waals surface area contributed by atoms with Crippen LogP contribution in [0.1, 0.15) is 47.2 Å². The van der Waals surface area contributed by atoms with E-state index < -0.39 is 4.92 Å². The van der Waals surface area contributed by atoms with Crippen molar-refractivity contribution in [1.29, 1.82) is 0 Å². The standard InChI is InChI=1S/C29H29N5O3S/c1-5-20-9-11-21(12-10-20)33-28(27(31-29(33)38)24-8-6-7-15-30-24)23-16-18(2)32(19(23)3)25-17-22(34(35)36)13-14-26(25)37-4/h6-17,27-28H,5H2,1-4H3,(H,31,38). The summed E-state index contributed by atoms with van der Waals surface area (Å²) in [7, 11) is 1.57. The van der Waals surface area contributed by atoms with Gasteiger partial charge in [-0.2, -0.15) is 0 Å². The fourth-order valence-electron chi connectivity index (χ4n) is 5.27. The molecular formula is C29H29N5O3S. The molecule has 1 N–H and O–H groups in total. The number of benzene rings is 2. The summed E-state index contributed by atoms with van der Waals surface area (Å²) in [6.45, 7) is 6.15. The Bertz CT molecular complexity index is 1500. The predicted molar refractivity (Wildman–Crippen MR) is 152 cm³/mol. The Labute approximate surface area is 227 Å². The first kappa shape index (κ1) is 25.4. The van der Waals surface area contributed by atoms with Crippen LogP contribution >= 0.6 is 12.2 Å². The van der Waals surface area contributed by atoms with Crippen LogP contribution in [0.15, 0.2) is 72.9 Å². The molecular weight excluding hydrogens is 498 g/mol. The molecule has 5 rings (SSSR count). The Morgan fingerprint density at radius 2 is 1.87 bits per heavy atom. The summed E-state index contributed by atoms with van der Waals surface area (Å²) in [5.41, 5.74) is 6.64. The van der Waals surface area contributed by atoms with Crippen LogP contribution in [0.5, 0.6) is 5.75 Å². The summed E-state index contributed by atoms with van der Waals surface area (Å²) in [6, 6.07) is 20.7. The highest BCUT2D eigenvalue weighted by Gasteiger charge is 2.42. The third kappa shape index (κ3) is 4.39. The maximum absolute atomic E-state index is 11.6. The Hall–Kier alpha value is -4.24. The normalized spacial score (nSPS) is 16.9. The third-order valence-electron chi connectivity index (χ3n) is 7.12. The minimum absolute atomic E-state index is 0.00237. The minimum Gasteiger partial charge on any atom is -0.495 e. The van der Waals surface area contributed by atoms with E-state index in [9.17, 15) is 10.1 Å². The lowest BCUT2D eigenvalue weighted by atomic mass is 9.96. The molecule has 194 valence electrons. The molecule has 2 aromatic carbocycles. The number of rotatable bonds is 7. The second kappa shape index (κ2) is 10.3. The average molecular weight is 528 g/mol. The van der Waals surface area contributed by atoms with Crippen molar-refractivity contribution < 1.29 is 9.66 Å². The number of thiocarbonyl (C=S) groups is 1. The van der Waals surface area contributed by atoms with Gasteiger partial charge >= 0.3 is 0 Å². The van der Waals surface area contributed by atoms with Gasteiger partial charge in [0.25, 0.3) is 5.69 Å². The average Bonchev–Trinajstić information content (AvgIpc) is 3.43. The van der Waals surface area contributed by atoms with E-state index in [0.717, 1.165) is 34.8 Å². The lowest BCUT2D eigenvalue weighted by molar-refractivity contribution is -0.384. The van der Waals surface area contributed by atoms with Gasteiger partial charge in [0.1, 0.15) is 5.75 Å². The number of anilines is 1. The smallest absolute Gasteiger partial charge is 0.271 e. The van der Waals surface area contributed by atoms with Crippen LogP contribution in [0.2, 0.25) is 0 Å². The summed E-state index contributed by atoms with van der Waals surface area (Å²) in [6.07, 6.45) is 2.74. The van der Waals surface area contributed by atoms with Gasteiger partial charge in [0.2, 0.25) is 0 Å². The molecule has 0 saturated carbocycles. The first-order valence-corrected chi connectivity index (χ1v) is 12.9. The van der Waals surface area contributed by atoms with Gasteiger partial charge < -0.3 is 19.5 Å². The molecule has 2 unspecified atom stereocenters. The van der Waals surface area contributed by atoms with E-state index in [-0.39, 0.29) is 17.8 Å². The minimum atomic E-state index is -0.393. The summed E-state index contributed by atoms with van der Waals surface area (Å²) < 4.78 is 7.61. The molecule has 0 radical (unpaired) electrons. The van der Waals surface area contributed by atoms with Gasteiger partial charge in [-0.1, -0.05) is 25.1 Å². The Morgan fingerprint density at radius 1 is 1.11 bits per heavy atom. The molecule has 9 heteroatoms. The summed E-state index contributed by atoms with van der Waals surface area (Å²) in [5.74, 6) is 0.553. The van der Waals surface area contributed by atoms with Crippen molar-refractivity contribution in [3.8, 4) is 11.4 Å². The number of methoxy groups -OCH3 is 1. The second-order valence-corrected chi connectivity index (χ2v) is 9.68. The van der Waals surface area contributed by atoms with E-state index in [4.69, 9.17) is 17.0 Å². The number of pyridine rings is 1. The highest BCUT2D eigenvalue weighted by atomic mass is 32.1. The van der Waals surface area contributed by atoms with Gasteiger partial charge in [-0.05, 0) is 80.0 Å². The van der Waals surface area contributed by atoms with Gasteiger partial charge in [0.05, 0.1) is 35.5 Å². The van der Waals surface area contributed by atoms with Crippen molar-refractivity contribution in [2.45, 2.75) is 39.3 Å². The van der Waals surface area contributed by atoms with Crippen molar-refractivity contribution in [2.24, 2.45) is 0 Å². The molecule has 8 nitrogen and oxygen atoms in total. The van der Waals surface area contributed by atoms with Crippen LogP contribution in [0.4, 0.5) is 11.4 Å². The van der Waals surface area contributed by atoms with E-state index in [1.54, 1.807) is 25.4 Å². The molecule has 4 aromatic rings. The maximum atomic E-state index is 11.6. The number of nitro groups is 1. The van der Waals surface area contributed by atoms with Crippen LogP contribution in [-0.2, 0) is 6.42 Å². The number of nitro benzene ring substituents is 1. The van der Waals surface area contributed by atoms with Gasteiger partial charge in [-0.25, -0.2) is 0 Å². The van der Waals surface area contributed by atoms with Crippen LogP contribution in [0.25, 0.3) is 5.69 Å². The van der Waals surface area contributed by atoms with Crippen molar-refractivity contribution >= 4 is 28.7 Å².